The van der Waals surface area contributed by atoms with Gasteiger partial charge in [-0.3, -0.25) is 9.78 Å². The molecular weight excluding hydrogens is 430 g/mol. The molecule has 0 radical (unpaired) electrons. The number of carbonyl (C=O) groups excluding carboxylic acids is 1. The van der Waals surface area contributed by atoms with Crippen LogP contribution >= 0.6 is 15.9 Å². The molecule has 1 aliphatic rings. The molecule has 7 heteroatoms. The Hall–Kier alpha value is -2.80. The van der Waals surface area contributed by atoms with E-state index < -0.39 is 0 Å². The highest BCUT2D eigenvalue weighted by atomic mass is 79.9. The first kappa shape index (κ1) is 19.5. The molecule has 1 amide bonds. The molecule has 1 N–H and O–H groups in total. The van der Waals surface area contributed by atoms with E-state index in [1.165, 1.54) is 0 Å². The van der Waals surface area contributed by atoms with Crippen molar-refractivity contribution in [1.29, 1.82) is 0 Å². The van der Waals surface area contributed by atoms with Crippen molar-refractivity contribution in [3.8, 4) is 11.3 Å². The summed E-state index contributed by atoms with van der Waals surface area (Å²) in [6, 6.07) is 13.7. The summed E-state index contributed by atoms with van der Waals surface area (Å²) in [4.78, 5) is 18.9. The summed E-state index contributed by atoms with van der Waals surface area (Å²) in [5, 5.41) is 11.8. The normalized spacial score (nSPS) is 14.6. The van der Waals surface area contributed by atoms with Gasteiger partial charge >= 0.3 is 0 Å². The molecule has 4 rings (SSSR count). The molecule has 0 spiro atoms. The van der Waals surface area contributed by atoms with Gasteiger partial charge in [0.15, 0.2) is 5.82 Å². The summed E-state index contributed by atoms with van der Waals surface area (Å²) in [6.07, 6.45) is 5.09. The summed E-state index contributed by atoms with van der Waals surface area (Å²) in [6.45, 7) is 3.58. The van der Waals surface area contributed by atoms with E-state index in [4.69, 9.17) is 0 Å². The molecule has 148 valence electrons. The lowest BCUT2D eigenvalue weighted by atomic mass is 9.95. The summed E-state index contributed by atoms with van der Waals surface area (Å²) < 4.78 is 1.01. The van der Waals surface area contributed by atoms with Crippen LogP contribution in [0.15, 0.2) is 59.3 Å². The van der Waals surface area contributed by atoms with Crippen molar-refractivity contribution in [2.45, 2.75) is 19.8 Å². The number of nitrogens with one attached hydrogen (secondary N) is 1. The molecule has 0 saturated carbocycles. The molecule has 1 fully saturated rings. The molecule has 0 aliphatic carbocycles. The van der Waals surface area contributed by atoms with Gasteiger partial charge in [-0.25, -0.2) is 0 Å². The van der Waals surface area contributed by atoms with Crippen LogP contribution in [-0.4, -0.2) is 34.2 Å². The molecule has 3 heterocycles. The Morgan fingerprint density at radius 3 is 2.48 bits per heavy atom. The molecule has 0 bridgehead atoms. The number of anilines is 2. The Balaban J connectivity index is 1.35. The zero-order chi connectivity index (χ0) is 20.2. The van der Waals surface area contributed by atoms with Crippen LogP contribution in [0, 0.1) is 12.8 Å². The van der Waals surface area contributed by atoms with Gasteiger partial charge < -0.3 is 10.2 Å². The van der Waals surface area contributed by atoms with Gasteiger partial charge in [-0.05, 0) is 67.8 Å². The predicted molar refractivity (Wildman–Crippen MR) is 118 cm³/mol. The van der Waals surface area contributed by atoms with Gasteiger partial charge in [-0.2, -0.15) is 0 Å². The van der Waals surface area contributed by atoms with Crippen LogP contribution < -0.4 is 10.2 Å². The van der Waals surface area contributed by atoms with Gasteiger partial charge in [0.1, 0.15) is 0 Å². The average Bonchev–Trinajstić information content (AvgIpc) is 2.76. The van der Waals surface area contributed by atoms with E-state index in [0.29, 0.717) is 0 Å². The van der Waals surface area contributed by atoms with E-state index in [-0.39, 0.29) is 11.8 Å². The maximum absolute atomic E-state index is 12.7. The highest BCUT2D eigenvalue weighted by Gasteiger charge is 2.26. The largest absolute Gasteiger partial charge is 0.355 e. The van der Waals surface area contributed by atoms with Crippen molar-refractivity contribution in [1.82, 2.24) is 15.2 Å². The Labute approximate surface area is 178 Å². The van der Waals surface area contributed by atoms with Crippen molar-refractivity contribution in [2.24, 2.45) is 5.92 Å². The van der Waals surface area contributed by atoms with Crippen molar-refractivity contribution >= 4 is 33.3 Å². The number of aromatic nitrogens is 3. The number of pyridine rings is 1. The van der Waals surface area contributed by atoms with Gasteiger partial charge in [0.2, 0.25) is 5.91 Å². The van der Waals surface area contributed by atoms with E-state index >= 15 is 0 Å². The van der Waals surface area contributed by atoms with Crippen LogP contribution in [0.3, 0.4) is 0 Å². The number of benzene rings is 1. The highest BCUT2D eigenvalue weighted by Crippen LogP contribution is 2.26. The third-order valence-electron chi connectivity index (χ3n) is 5.26. The van der Waals surface area contributed by atoms with Crippen molar-refractivity contribution in [2.75, 3.05) is 23.3 Å². The van der Waals surface area contributed by atoms with Gasteiger partial charge in [-0.15, -0.1) is 10.2 Å². The van der Waals surface area contributed by atoms with Crippen LogP contribution in [0.5, 0.6) is 0 Å². The lowest BCUT2D eigenvalue weighted by Gasteiger charge is -2.32. The second-order valence-electron chi connectivity index (χ2n) is 7.22. The van der Waals surface area contributed by atoms with Crippen LogP contribution in [-0.2, 0) is 4.79 Å². The molecule has 0 atom stereocenters. The number of carbonyl (C=O) groups is 1. The second-order valence-corrected chi connectivity index (χ2v) is 8.14. The molecular formula is C22H22BrN5O. The summed E-state index contributed by atoms with van der Waals surface area (Å²) >= 11 is 3.45. The average molecular weight is 452 g/mol. The molecule has 3 aromatic rings. The van der Waals surface area contributed by atoms with Gasteiger partial charge in [0.25, 0.3) is 0 Å². The molecule has 1 aliphatic heterocycles. The monoisotopic (exact) mass is 451 g/mol. The molecule has 29 heavy (non-hydrogen) atoms. The summed E-state index contributed by atoms with van der Waals surface area (Å²) in [7, 11) is 0. The number of hydrogen-bond donors (Lipinski definition) is 1. The maximum Gasteiger partial charge on any atom is 0.227 e. The van der Waals surface area contributed by atoms with Crippen molar-refractivity contribution < 1.29 is 4.79 Å². The van der Waals surface area contributed by atoms with Crippen LogP contribution in [0.1, 0.15) is 18.4 Å². The van der Waals surface area contributed by atoms with Crippen molar-refractivity contribution in [3.63, 3.8) is 0 Å². The smallest absolute Gasteiger partial charge is 0.227 e. The van der Waals surface area contributed by atoms with Crippen LogP contribution in [0.4, 0.5) is 11.5 Å². The van der Waals surface area contributed by atoms with Gasteiger partial charge in [0.05, 0.1) is 5.69 Å². The number of amides is 1. The molecule has 0 unspecified atom stereocenters. The third kappa shape index (κ3) is 4.62. The Kier molecular flexibility index (Phi) is 5.85. The third-order valence-corrected chi connectivity index (χ3v) is 5.76. The van der Waals surface area contributed by atoms with Crippen LogP contribution in [0.2, 0.25) is 0 Å². The fourth-order valence-corrected chi connectivity index (χ4v) is 4.02. The maximum atomic E-state index is 12.7. The summed E-state index contributed by atoms with van der Waals surface area (Å²) in [5.74, 6) is 0.956. The van der Waals surface area contributed by atoms with Gasteiger partial charge in [-0.1, -0.05) is 15.9 Å². The Morgan fingerprint density at radius 2 is 1.83 bits per heavy atom. The van der Waals surface area contributed by atoms with Crippen LogP contribution in [0.25, 0.3) is 11.3 Å². The second kappa shape index (κ2) is 8.69. The van der Waals surface area contributed by atoms with E-state index in [1.807, 2.05) is 49.4 Å². The Bertz CT molecular complexity index is 986. The minimum Gasteiger partial charge on any atom is -0.355 e. The topological polar surface area (TPSA) is 71.0 Å². The summed E-state index contributed by atoms with van der Waals surface area (Å²) in [5.41, 5.74) is 3.75. The number of nitrogens with zero attached hydrogens (tertiary/aromatic N) is 4. The minimum absolute atomic E-state index is 0.0124. The predicted octanol–water partition coefficient (Wildman–Crippen LogP) is 4.46. The Morgan fingerprint density at radius 1 is 1.07 bits per heavy atom. The van der Waals surface area contributed by atoms with Gasteiger partial charge in [0, 0.05) is 47.1 Å². The molecule has 2 aromatic heterocycles. The van der Waals surface area contributed by atoms with Crippen molar-refractivity contribution in [3.05, 3.63) is 64.9 Å². The molecule has 1 saturated heterocycles. The van der Waals surface area contributed by atoms with E-state index in [0.717, 1.165) is 58.7 Å². The zero-order valence-corrected chi connectivity index (χ0v) is 17.8. The number of halogens is 1. The number of piperidine rings is 1. The number of rotatable bonds is 4. The lowest BCUT2D eigenvalue weighted by Crippen LogP contribution is -2.38. The van der Waals surface area contributed by atoms with E-state index in [9.17, 15) is 4.79 Å². The number of aryl methyl sites for hydroxylation is 1. The lowest BCUT2D eigenvalue weighted by molar-refractivity contribution is -0.120. The first-order chi connectivity index (χ1) is 14.1. The quantitative estimate of drug-likeness (QED) is 0.633. The van der Waals surface area contributed by atoms with E-state index in [2.05, 4.69) is 41.3 Å². The fourth-order valence-electron chi connectivity index (χ4n) is 3.54. The minimum atomic E-state index is 0.0124. The first-order valence-electron chi connectivity index (χ1n) is 9.66. The zero-order valence-electron chi connectivity index (χ0n) is 16.2. The highest BCUT2D eigenvalue weighted by molar-refractivity contribution is 9.10. The molecule has 1 aromatic carbocycles. The number of hydrogen-bond acceptors (Lipinski definition) is 5. The standard InChI is InChI=1S/C22H22BrN5O/c1-15-14-18(23)2-3-19(15)25-22(29)17-8-12-28(13-9-17)21-5-4-20(26-27-21)16-6-10-24-11-7-16/h2-7,10-11,14,17H,8-9,12-13H2,1H3,(H,25,29). The first-order valence-corrected chi connectivity index (χ1v) is 10.5. The fraction of sp³-hybridized carbons (Fsp3) is 0.273. The SMILES string of the molecule is Cc1cc(Br)ccc1NC(=O)C1CCN(c2ccc(-c3ccncc3)nn2)CC1. The van der Waals surface area contributed by atoms with E-state index in [1.54, 1.807) is 12.4 Å². The molecule has 6 nitrogen and oxygen atoms in total.